The number of carbonyl (C=O) groups is 1. The number of methoxy groups -OCH3 is 1. The van der Waals surface area contributed by atoms with E-state index >= 15 is 0 Å². The van der Waals surface area contributed by atoms with Crippen LogP contribution in [0.2, 0.25) is 0 Å². The highest BCUT2D eigenvalue weighted by Gasteiger charge is 2.23. The molecule has 1 N–H and O–H groups in total. The van der Waals surface area contributed by atoms with Crippen molar-refractivity contribution in [3.8, 4) is 0 Å². The molecule has 7 heteroatoms. The van der Waals surface area contributed by atoms with Crippen molar-refractivity contribution < 1.29 is 13.9 Å². The smallest absolute Gasteiger partial charge is 0.254 e. The number of anilines is 2. The van der Waals surface area contributed by atoms with Crippen LogP contribution in [0.25, 0.3) is 0 Å². The Kier molecular flexibility index (Phi) is 6.01. The van der Waals surface area contributed by atoms with Gasteiger partial charge in [-0.2, -0.15) is 0 Å². The molecule has 1 aliphatic rings. The van der Waals surface area contributed by atoms with Crippen molar-refractivity contribution in [2.24, 2.45) is 0 Å². The van der Waals surface area contributed by atoms with Crippen LogP contribution >= 0.6 is 0 Å². The quantitative estimate of drug-likeness (QED) is 0.803. The highest BCUT2D eigenvalue weighted by atomic mass is 19.1. The van der Waals surface area contributed by atoms with Crippen molar-refractivity contribution in [2.75, 3.05) is 56.7 Å². The molecule has 1 aromatic carbocycles. The average molecular weight is 358 g/mol. The zero-order valence-electron chi connectivity index (χ0n) is 14.8. The van der Waals surface area contributed by atoms with Crippen LogP contribution in [0, 0.1) is 5.82 Å². The normalized spacial score (nSPS) is 14.4. The van der Waals surface area contributed by atoms with Crippen LogP contribution in [-0.2, 0) is 4.74 Å². The van der Waals surface area contributed by atoms with Gasteiger partial charge in [0.25, 0.3) is 5.91 Å². The first-order valence-electron chi connectivity index (χ1n) is 8.66. The Morgan fingerprint density at radius 2 is 2.00 bits per heavy atom. The molecular formula is C19H23FN4O2. The van der Waals surface area contributed by atoms with E-state index in [1.54, 1.807) is 42.5 Å². The van der Waals surface area contributed by atoms with Crippen molar-refractivity contribution in [3.05, 3.63) is 54.0 Å². The van der Waals surface area contributed by atoms with Crippen molar-refractivity contribution in [1.82, 2.24) is 9.88 Å². The molecule has 0 spiro atoms. The molecule has 3 rings (SSSR count). The first kappa shape index (κ1) is 18.1. The van der Waals surface area contributed by atoms with Gasteiger partial charge in [-0.05, 0) is 24.3 Å². The molecule has 0 atom stereocenters. The summed E-state index contributed by atoms with van der Waals surface area (Å²) >= 11 is 0. The molecular weight excluding hydrogens is 335 g/mol. The lowest BCUT2D eigenvalue weighted by atomic mass is 10.2. The largest absolute Gasteiger partial charge is 0.383 e. The fourth-order valence-corrected chi connectivity index (χ4v) is 2.98. The van der Waals surface area contributed by atoms with Gasteiger partial charge in [0, 0.05) is 51.6 Å². The van der Waals surface area contributed by atoms with Gasteiger partial charge in [0.2, 0.25) is 0 Å². The molecule has 0 aliphatic carbocycles. The summed E-state index contributed by atoms with van der Waals surface area (Å²) in [5, 5.41) is 3.12. The van der Waals surface area contributed by atoms with Gasteiger partial charge in [0.15, 0.2) is 0 Å². The minimum absolute atomic E-state index is 0.0321. The highest BCUT2D eigenvalue weighted by Crippen LogP contribution is 2.21. The van der Waals surface area contributed by atoms with Crippen LogP contribution in [0.1, 0.15) is 10.4 Å². The number of halogens is 1. The summed E-state index contributed by atoms with van der Waals surface area (Å²) < 4.78 is 18.9. The summed E-state index contributed by atoms with van der Waals surface area (Å²) in [4.78, 5) is 20.7. The number of hydrogen-bond donors (Lipinski definition) is 1. The zero-order chi connectivity index (χ0) is 18.4. The second kappa shape index (κ2) is 8.62. The third kappa shape index (κ3) is 4.29. The average Bonchev–Trinajstić information content (AvgIpc) is 2.68. The second-order valence-electron chi connectivity index (χ2n) is 6.08. The molecule has 2 aromatic rings. The number of piperazine rings is 1. The topological polar surface area (TPSA) is 57.7 Å². The van der Waals surface area contributed by atoms with E-state index in [1.807, 2.05) is 11.0 Å². The Labute approximate surface area is 152 Å². The maximum absolute atomic E-state index is 13.9. The van der Waals surface area contributed by atoms with Crippen molar-refractivity contribution in [2.45, 2.75) is 0 Å². The molecule has 2 heterocycles. The zero-order valence-corrected chi connectivity index (χ0v) is 14.8. The standard InChI is InChI=1S/C19H23FN4O2/c1-26-13-8-22-18-14-15(6-7-21-18)19(25)24-11-9-23(10-12-24)17-5-3-2-4-16(17)20/h2-7,14H,8-13H2,1H3,(H,21,22). The second-order valence-corrected chi connectivity index (χ2v) is 6.08. The third-order valence-corrected chi connectivity index (χ3v) is 4.38. The molecule has 1 amide bonds. The van der Waals surface area contributed by atoms with E-state index < -0.39 is 0 Å². The van der Waals surface area contributed by atoms with E-state index in [2.05, 4.69) is 10.3 Å². The number of benzene rings is 1. The van der Waals surface area contributed by atoms with E-state index in [0.29, 0.717) is 56.4 Å². The SMILES string of the molecule is COCCNc1cc(C(=O)N2CCN(c3ccccc3F)CC2)ccn1. The van der Waals surface area contributed by atoms with Gasteiger partial charge in [-0.1, -0.05) is 12.1 Å². The van der Waals surface area contributed by atoms with E-state index in [-0.39, 0.29) is 11.7 Å². The lowest BCUT2D eigenvalue weighted by Gasteiger charge is -2.36. The maximum atomic E-state index is 13.9. The molecule has 1 aliphatic heterocycles. The molecule has 138 valence electrons. The van der Waals surface area contributed by atoms with E-state index in [1.165, 1.54) is 6.07 Å². The van der Waals surface area contributed by atoms with Gasteiger partial charge < -0.3 is 19.9 Å². The van der Waals surface area contributed by atoms with Gasteiger partial charge in [-0.25, -0.2) is 9.37 Å². The Bertz CT molecular complexity index is 748. The molecule has 1 aromatic heterocycles. The minimum atomic E-state index is -0.229. The van der Waals surface area contributed by atoms with E-state index in [0.717, 1.165) is 0 Å². The Morgan fingerprint density at radius 3 is 2.73 bits per heavy atom. The Hall–Kier alpha value is -2.67. The molecule has 26 heavy (non-hydrogen) atoms. The summed E-state index contributed by atoms with van der Waals surface area (Å²) in [6, 6.07) is 10.2. The maximum Gasteiger partial charge on any atom is 0.254 e. The van der Waals surface area contributed by atoms with E-state index in [4.69, 9.17) is 4.74 Å². The predicted molar refractivity (Wildman–Crippen MR) is 99.1 cm³/mol. The monoisotopic (exact) mass is 358 g/mol. The molecule has 0 radical (unpaired) electrons. The number of nitrogens with one attached hydrogen (secondary N) is 1. The van der Waals surface area contributed by atoms with Crippen molar-refractivity contribution in [1.29, 1.82) is 0 Å². The number of carbonyl (C=O) groups excluding carboxylic acids is 1. The lowest BCUT2D eigenvalue weighted by molar-refractivity contribution is 0.0746. The van der Waals surface area contributed by atoms with Gasteiger partial charge in [-0.15, -0.1) is 0 Å². The first-order chi connectivity index (χ1) is 12.7. The van der Waals surface area contributed by atoms with Gasteiger partial charge in [-0.3, -0.25) is 4.79 Å². The summed E-state index contributed by atoms with van der Waals surface area (Å²) in [6.45, 7) is 3.53. The summed E-state index contributed by atoms with van der Waals surface area (Å²) in [5.41, 5.74) is 1.19. The number of hydrogen-bond acceptors (Lipinski definition) is 5. The highest BCUT2D eigenvalue weighted by molar-refractivity contribution is 5.95. The third-order valence-electron chi connectivity index (χ3n) is 4.38. The first-order valence-corrected chi connectivity index (χ1v) is 8.66. The molecule has 6 nitrogen and oxygen atoms in total. The number of aromatic nitrogens is 1. The van der Waals surface area contributed by atoms with Crippen LogP contribution in [-0.4, -0.2) is 62.2 Å². The fraction of sp³-hybridized carbons (Fsp3) is 0.368. The molecule has 0 saturated carbocycles. The van der Waals surface area contributed by atoms with Crippen LogP contribution in [0.4, 0.5) is 15.9 Å². The van der Waals surface area contributed by atoms with Crippen LogP contribution < -0.4 is 10.2 Å². The molecule has 1 saturated heterocycles. The summed E-state index contributed by atoms with van der Waals surface area (Å²) in [7, 11) is 1.63. The van der Waals surface area contributed by atoms with Crippen LogP contribution in [0.5, 0.6) is 0 Å². The molecule has 0 bridgehead atoms. The lowest BCUT2D eigenvalue weighted by Crippen LogP contribution is -2.49. The van der Waals surface area contributed by atoms with Crippen molar-refractivity contribution in [3.63, 3.8) is 0 Å². The summed E-state index contributed by atoms with van der Waals surface area (Å²) in [5.74, 6) is 0.390. The van der Waals surface area contributed by atoms with Gasteiger partial charge in [0.05, 0.1) is 12.3 Å². The fourth-order valence-electron chi connectivity index (χ4n) is 2.98. The summed E-state index contributed by atoms with van der Waals surface area (Å²) in [6.07, 6.45) is 1.62. The Morgan fingerprint density at radius 1 is 1.23 bits per heavy atom. The number of pyridine rings is 1. The number of ether oxygens (including phenoxy) is 1. The minimum Gasteiger partial charge on any atom is -0.383 e. The van der Waals surface area contributed by atoms with E-state index in [9.17, 15) is 9.18 Å². The molecule has 1 fully saturated rings. The molecule has 0 unspecified atom stereocenters. The van der Waals surface area contributed by atoms with Crippen molar-refractivity contribution >= 4 is 17.4 Å². The van der Waals surface area contributed by atoms with Gasteiger partial charge >= 0.3 is 0 Å². The number of rotatable bonds is 6. The van der Waals surface area contributed by atoms with Crippen LogP contribution in [0.3, 0.4) is 0 Å². The predicted octanol–water partition coefficient (Wildman–Crippen LogP) is 2.24. The van der Waals surface area contributed by atoms with Gasteiger partial charge in [0.1, 0.15) is 11.6 Å². The van der Waals surface area contributed by atoms with Crippen LogP contribution in [0.15, 0.2) is 42.6 Å². The Balaban J connectivity index is 1.60. The number of nitrogens with zero attached hydrogens (tertiary/aromatic N) is 3. The number of amides is 1. The number of para-hydroxylation sites is 1.